The maximum atomic E-state index is 13.0. The molecule has 4 rings (SSSR count). The second-order valence-electron chi connectivity index (χ2n) is 6.30. The predicted molar refractivity (Wildman–Crippen MR) is 88.8 cm³/mol. The maximum Gasteiger partial charge on any atom is 0.254 e. The zero-order valence-electron chi connectivity index (χ0n) is 13.9. The molecule has 7 heteroatoms. The Balaban J connectivity index is 1.73. The number of rotatable bonds is 1. The van der Waals surface area contributed by atoms with Gasteiger partial charge in [-0.15, -0.1) is 0 Å². The molecule has 0 spiro atoms. The number of benzene rings is 1. The third-order valence-corrected chi connectivity index (χ3v) is 4.70. The van der Waals surface area contributed by atoms with Gasteiger partial charge in [0.25, 0.3) is 5.91 Å². The summed E-state index contributed by atoms with van der Waals surface area (Å²) in [7, 11) is 1.79. The topological polar surface area (TPSA) is 76.2 Å². The molecule has 24 heavy (non-hydrogen) atoms. The summed E-state index contributed by atoms with van der Waals surface area (Å²) in [4.78, 5) is 19.3. The molecule has 0 fully saturated rings. The van der Waals surface area contributed by atoms with Gasteiger partial charge in [-0.2, -0.15) is 5.10 Å². The van der Waals surface area contributed by atoms with E-state index in [4.69, 9.17) is 0 Å². The number of phenols is 1. The van der Waals surface area contributed by atoms with Crippen LogP contribution in [-0.2, 0) is 13.6 Å². The first-order chi connectivity index (χ1) is 11.5. The number of fused-ring (bicyclic) bond motifs is 2. The number of aromatic hydroxyl groups is 1. The number of hydrogen-bond donors (Lipinski definition) is 1. The van der Waals surface area contributed by atoms with Crippen LogP contribution >= 0.6 is 0 Å². The van der Waals surface area contributed by atoms with Gasteiger partial charge in [-0.1, -0.05) is 0 Å². The minimum absolute atomic E-state index is 0.0750. The minimum Gasteiger partial charge on any atom is -0.507 e. The molecule has 0 saturated carbocycles. The third kappa shape index (κ3) is 2.08. The molecule has 0 bridgehead atoms. The van der Waals surface area contributed by atoms with Gasteiger partial charge in [-0.25, -0.2) is 4.98 Å². The molecule has 1 unspecified atom stereocenters. The fraction of sp³-hybridized carbons (Fsp3) is 0.353. The van der Waals surface area contributed by atoms with Crippen LogP contribution in [0.5, 0.6) is 5.75 Å². The first-order valence-corrected chi connectivity index (χ1v) is 7.95. The van der Waals surface area contributed by atoms with Gasteiger partial charge in [-0.05, 0) is 26.0 Å². The molecule has 2 aromatic heterocycles. The van der Waals surface area contributed by atoms with Crippen molar-refractivity contribution in [2.75, 3.05) is 6.54 Å². The zero-order valence-corrected chi connectivity index (χ0v) is 13.9. The van der Waals surface area contributed by atoms with Crippen molar-refractivity contribution in [3.8, 4) is 5.75 Å². The molecule has 7 nitrogen and oxygen atoms in total. The Morgan fingerprint density at radius 1 is 1.33 bits per heavy atom. The summed E-state index contributed by atoms with van der Waals surface area (Å²) >= 11 is 0. The van der Waals surface area contributed by atoms with Crippen LogP contribution in [0.3, 0.4) is 0 Å². The average Bonchev–Trinajstić information content (AvgIpc) is 3.11. The second kappa shape index (κ2) is 5.09. The largest absolute Gasteiger partial charge is 0.507 e. The van der Waals surface area contributed by atoms with E-state index in [2.05, 4.69) is 14.6 Å². The van der Waals surface area contributed by atoms with Crippen molar-refractivity contribution < 1.29 is 9.90 Å². The quantitative estimate of drug-likeness (QED) is 0.742. The van der Waals surface area contributed by atoms with Gasteiger partial charge in [-0.3, -0.25) is 9.48 Å². The highest BCUT2D eigenvalue weighted by molar-refractivity contribution is 6.00. The van der Waals surface area contributed by atoms with Crippen molar-refractivity contribution in [1.82, 2.24) is 24.2 Å². The number of aryl methyl sites for hydroxylation is 2. The minimum atomic E-state index is -0.107. The Morgan fingerprint density at radius 2 is 2.12 bits per heavy atom. The summed E-state index contributed by atoms with van der Waals surface area (Å²) < 4.78 is 3.76. The fourth-order valence-electron chi connectivity index (χ4n) is 3.42. The van der Waals surface area contributed by atoms with Crippen LogP contribution in [0.1, 0.15) is 34.8 Å². The van der Waals surface area contributed by atoms with E-state index in [1.807, 2.05) is 20.0 Å². The van der Waals surface area contributed by atoms with Gasteiger partial charge >= 0.3 is 0 Å². The predicted octanol–water partition coefficient (Wildman–Crippen LogP) is 2.00. The number of carbonyl (C=O) groups excluding carboxylic acids is 1. The highest BCUT2D eigenvalue weighted by Crippen LogP contribution is 2.30. The lowest BCUT2D eigenvalue weighted by molar-refractivity contribution is 0.0637. The van der Waals surface area contributed by atoms with Crippen molar-refractivity contribution >= 4 is 16.8 Å². The molecular weight excluding hydrogens is 306 g/mol. The van der Waals surface area contributed by atoms with Gasteiger partial charge in [0.2, 0.25) is 0 Å². The summed E-state index contributed by atoms with van der Waals surface area (Å²) in [6.45, 7) is 5.29. The number of phenolic OH excluding ortho intramolecular Hbond substituents is 1. The van der Waals surface area contributed by atoms with Gasteiger partial charge in [0.1, 0.15) is 11.6 Å². The van der Waals surface area contributed by atoms with Crippen molar-refractivity contribution in [2.45, 2.75) is 26.4 Å². The smallest absolute Gasteiger partial charge is 0.254 e. The number of carbonyl (C=O) groups is 1. The van der Waals surface area contributed by atoms with Crippen LogP contribution in [0, 0.1) is 6.92 Å². The van der Waals surface area contributed by atoms with E-state index < -0.39 is 0 Å². The van der Waals surface area contributed by atoms with Gasteiger partial charge in [0, 0.05) is 31.9 Å². The summed E-state index contributed by atoms with van der Waals surface area (Å²) in [5.41, 5.74) is 2.16. The van der Waals surface area contributed by atoms with E-state index in [-0.39, 0.29) is 17.7 Å². The Morgan fingerprint density at radius 3 is 2.92 bits per heavy atom. The molecule has 3 heterocycles. The van der Waals surface area contributed by atoms with Crippen molar-refractivity contribution in [2.24, 2.45) is 7.05 Å². The summed E-state index contributed by atoms with van der Waals surface area (Å²) in [6.07, 6.45) is 3.61. The summed E-state index contributed by atoms with van der Waals surface area (Å²) in [5.74, 6) is 0.872. The normalized spacial score (nSPS) is 17.3. The lowest BCUT2D eigenvalue weighted by Crippen LogP contribution is -2.41. The highest BCUT2D eigenvalue weighted by Gasteiger charge is 2.30. The van der Waals surface area contributed by atoms with E-state index in [9.17, 15) is 9.90 Å². The first kappa shape index (κ1) is 14.7. The molecule has 1 aliphatic rings. The lowest BCUT2D eigenvalue weighted by atomic mass is 10.1. The maximum absolute atomic E-state index is 13.0. The van der Waals surface area contributed by atoms with Crippen LogP contribution in [0.4, 0.5) is 0 Å². The number of amides is 1. The van der Waals surface area contributed by atoms with E-state index in [1.54, 1.807) is 28.9 Å². The van der Waals surface area contributed by atoms with Gasteiger partial charge in [0.15, 0.2) is 0 Å². The molecule has 0 radical (unpaired) electrons. The fourth-order valence-corrected chi connectivity index (χ4v) is 3.42. The van der Waals surface area contributed by atoms with Crippen molar-refractivity contribution in [3.05, 3.63) is 41.6 Å². The van der Waals surface area contributed by atoms with E-state index in [0.717, 1.165) is 23.6 Å². The van der Waals surface area contributed by atoms with Crippen LogP contribution < -0.4 is 0 Å². The Labute approximate surface area is 139 Å². The van der Waals surface area contributed by atoms with Crippen LogP contribution in [-0.4, -0.2) is 41.8 Å². The van der Waals surface area contributed by atoms with Gasteiger partial charge < -0.3 is 14.6 Å². The molecule has 0 aliphatic carbocycles. The van der Waals surface area contributed by atoms with Crippen molar-refractivity contribution in [1.29, 1.82) is 0 Å². The molecule has 1 aliphatic heterocycles. The number of imidazole rings is 1. The van der Waals surface area contributed by atoms with E-state index in [0.29, 0.717) is 17.5 Å². The molecule has 0 saturated heterocycles. The Bertz CT molecular complexity index is 955. The number of aromatic nitrogens is 4. The SMILES string of the molecule is Cc1cn2c(n1)C(C)N(C(=O)c1cc(O)c3cnn(C)c3c1)CC2. The molecule has 1 atom stereocenters. The molecule has 1 aromatic carbocycles. The van der Waals surface area contributed by atoms with Crippen molar-refractivity contribution in [3.63, 3.8) is 0 Å². The highest BCUT2D eigenvalue weighted by atomic mass is 16.3. The van der Waals surface area contributed by atoms with Crippen LogP contribution in [0.25, 0.3) is 10.9 Å². The van der Waals surface area contributed by atoms with Crippen LogP contribution in [0.15, 0.2) is 24.5 Å². The van der Waals surface area contributed by atoms with E-state index >= 15 is 0 Å². The van der Waals surface area contributed by atoms with Gasteiger partial charge in [0.05, 0.1) is 28.8 Å². The Kier molecular flexibility index (Phi) is 3.13. The molecule has 1 amide bonds. The van der Waals surface area contributed by atoms with Crippen LogP contribution in [0.2, 0.25) is 0 Å². The second-order valence-corrected chi connectivity index (χ2v) is 6.30. The summed E-state index contributed by atoms with van der Waals surface area (Å²) in [6, 6.07) is 3.19. The monoisotopic (exact) mass is 325 g/mol. The molecule has 3 aromatic rings. The standard InChI is InChI=1S/C17H19N5O2/c1-10-9-21-4-5-22(11(2)16(21)19-10)17(24)12-6-14-13(15(23)7-12)8-18-20(14)3/h6-9,11,23H,4-5H2,1-3H3. The molecule has 124 valence electrons. The molecular formula is C17H19N5O2. The zero-order chi connectivity index (χ0) is 17.0. The Hall–Kier alpha value is -2.83. The number of hydrogen-bond acceptors (Lipinski definition) is 4. The molecule has 1 N–H and O–H groups in total. The lowest BCUT2D eigenvalue weighted by Gasteiger charge is -2.33. The average molecular weight is 325 g/mol. The third-order valence-electron chi connectivity index (χ3n) is 4.70. The summed E-state index contributed by atoms with van der Waals surface area (Å²) in [5, 5.41) is 15.0. The van der Waals surface area contributed by atoms with E-state index in [1.165, 1.54) is 6.07 Å². The first-order valence-electron chi connectivity index (χ1n) is 7.95. The number of nitrogens with zero attached hydrogens (tertiary/aromatic N) is 5.